The van der Waals surface area contributed by atoms with Gasteiger partial charge in [-0.2, -0.15) is 0 Å². The zero-order valence-corrected chi connectivity index (χ0v) is 9.38. The van der Waals surface area contributed by atoms with Gasteiger partial charge in [0.05, 0.1) is 12.1 Å². The van der Waals surface area contributed by atoms with Gasteiger partial charge in [-0.3, -0.25) is 0 Å². The highest BCUT2D eigenvalue weighted by Crippen LogP contribution is 2.17. The van der Waals surface area contributed by atoms with Crippen LogP contribution in [0.25, 0.3) is 0 Å². The highest BCUT2D eigenvalue weighted by molar-refractivity contribution is 4.91. The maximum atomic E-state index is 5.80. The van der Waals surface area contributed by atoms with Gasteiger partial charge >= 0.3 is 0 Å². The van der Waals surface area contributed by atoms with E-state index in [-0.39, 0.29) is 5.54 Å². The van der Waals surface area contributed by atoms with Gasteiger partial charge in [0.1, 0.15) is 0 Å². The molecule has 0 bridgehead atoms. The third kappa shape index (κ3) is 3.53. The molecule has 4 nitrogen and oxygen atoms in total. The molecule has 0 spiro atoms. The van der Waals surface area contributed by atoms with E-state index in [1.54, 1.807) is 0 Å². The second-order valence-electron chi connectivity index (χ2n) is 4.37. The van der Waals surface area contributed by atoms with E-state index < -0.39 is 0 Å². The van der Waals surface area contributed by atoms with Crippen LogP contribution in [0.5, 0.6) is 0 Å². The van der Waals surface area contributed by atoms with Crippen LogP contribution in [0.2, 0.25) is 0 Å². The molecule has 1 fully saturated rings. The highest BCUT2D eigenvalue weighted by atomic mass is 16.5. The first-order chi connectivity index (χ1) is 6.68. The van der Waals surface area contributed by atoms with Crippen molar-refractivity contribution in [3.05, 3.63) is 0 Å². The molecule has 1 aliphatic heterocycles. The van der Waals surface area contributed by atoms with Gasteiger partial charge in [0.2, 0.25) is 0 Å². The van der Waals surface area contributed by atoms with Gasteiger partial charge in [-0.1, -0.05) is 0 Å². The summed E-state index contributed by atoms with van der Waals surface area (Å²) in [5.41, 5.74) is 5.83. The maximum Gasteiger partial charge on any atom is 0.0660 e. The van der Waals surface area contributed by atoms with Crippen LogP contribution in [0.15, 0.2) is 0 Å². The van der Waals surface area contributed by atoms with Gasteiger partial charge in [-0.15, -0.1) is 0 Å². The Balaban J connectivity index is 2.29. The highest BCUT2D eigenvalue weighted by Gasteiger charge is 2.30. The summed E-state index contributed by atoms with van der Waals surface area (Å²) in [6.45, 7) is 4.34. The molecule has 1 rings (SSSR count). The van der Waals surface area contributed by atoms with Crippen LogP contribution in [-0.4, -0.2) is 57.4 Å². The number of rotatable bonds is 5. The van der Waals surface area contributed by atoms with Gasteiger partial charge in [-0.25, -0.2) is 0 Å². The third-order valence-electron chi connectivity index (χ3n) is 2.77. The summed E-state index contributed by atoms with van der Waals surface area (Å²) >= 11 is 0. The molecule has 1 saturated heterocycles. The fourth-order valence-corrected chi connectivity index (χ4v) is 1.77. The van der Waals surface area contributed by atoms with Gasteiger partial charge in [0.15, 0.2) is 0 Å². The van der Waals surface area contributed by atoms with E-state index in [9.17, 15) is 0 Å². The van der Waals surface area contributed by atoms with Crippen LogP contribution in [-0.2, 0) is 4.74 Å². The maximum absolute atomic E-state index is 5.80. The summed E-state index contributed by atoms with van der Waals surface area (Å²) in [4.78, 5) is 2.17. The van der Waals surface area contributed by atoms with Gasteiger partial charge < -0.3 is 20.7 Å². The Morgan fingerprint density at radius 3 is 2.79 bits per heavy atom. The van der Waals surface area contributed by atoms with Crippen LogP contribution in [0, 0.1) is 0 Å². The van der Waals surface area contributed by atoms with Crippen LogP contribution in [0.4, 0.5) is 0 Å². The lowest BCUT2D eigenvalue weighted by Gasteiger charge is -2.37. The molecule has 0 aromatic carbocycles. The number of hydrogen-bond acceptors (Lipinski definition) is 4. The van der Waals surface area contributed by atoms with E-state index in [2.05, 4.69) is 24.3 Å². The van der Waals surface area contributed by atoms with Crippen LogP contribution in [0.1, 0.15) is 12.8 Å². The lowest BCUT2D eigenvalue weighted by Crippen LogP contribution is -2.57. The van der Waals surface area contributed by atoms with E-state index in [4.69, 9.17) is 10.5 Å². The van der Waals surface area contributed by atoms with E-state index in [1.807, 2.05) is 0 Å². The molecule has 1 heterocycles. The smallest absolute Gasteiger partial charge is 0.0660 e. The van der Waals surface area contributed by atoms with E-state index in [1.165, 1.54) is 0 Å². The Morgan fingerprint density at radius 1 is 1.50 bits per heavy atom. The first-order valence-electron chi connectivity index (χ1n) is 5.36. The first-order valence-corrected chi connectivity index (χ1v) is 5.36. The first kappa shape index (κ1) is 11.9. The molecule has 3 N–H and O–H groups in total. The van der Waals surface area contributed by atoms with Crippen molar-refractivity contribution >= 4 is 0 Å². The minimum absolute atomic E-state index is 0.0360. The minimum Gasteiger partial charge on any atom is -0.379 e. The molecule has 84 valence electrons. The Morgan fingerprint density at radius 2 is 2.29 bits per heavy atom. The van der Waals surface area contributed by atoms with Gasteiger partial charge in [0.25, 0.3) is 0 Å². The predicted octanol–water partition coefficient (Wildman–Crippen LogP) is -0.354. The monoisotopic (exact) mass is 201 g/mol. The molecular formula is C10H23N3O. The third-order valence-corrected chi connectivity index (χ3v) is 2.77. The Kier molecular flexibility index (Phi) is 4.81. The Hall–Kier alpha value is -0.160. The topological polar surface area (TPSA) is 50.5 Å². The van der Waals surface area contributed by atoms with Crippen molar-refractivity contribution < 1.29 is 4.74 Å². The zero-order chi connectivity index (χ0) is 10.4. The quantitative estimate of drug-likeness (QED) is 0.638. The van der Waals surface area contributed by atoms with Crippen LogP contribution in [0.3, 0.4) is 0 Å². The SMILES string of the molecule is CN(C)CCNC1(CN)CCCOC1. The number of nitrogens with zero attached hydrogens (tertiary/aromatic N) is 1. The van der Waals surface area contributed by atoms with Crippen molar-refractivity contribution in [1.29, 1.82) is 0 Å². The van der Waals surface area contributed by atoms with Crippen molar-refractivity contribution in [3.63, 3.8) is 0 Å². The van der Waals surface area contributed by atoms with E-state index in [0.717, 1.165) is 39.1 Å². The van der Waals surface area contributed by atoms with Gasteiger partial charge in [-0.05, 0) is 26.9 Å². The largest absolute Gasteiger partial charge is 0.379 e. The molecule has 0 radical (unpaired) electrons. The zero-order valence-electron chi connectivity index (χ0n) is 9.38. The second kappa shape index (κ2) is 5.66. The summed E-state index contributed by atoms with van der Waals surface area (Å²) in [6, 6.07) is 0. The number of likely N-dealkylation sites (N-methyl/N-ethyl adjacent to an activating group) is 1. The molecular weight excluding hydrogens is 178 g/mol. The Bertz CT molecular complexity index is 155. The summed E-state index contributed by atoms with van der Waals surface area (Å²) in [6.07, 6.45) is 2.25. The summed E-state index contributed by atoms with van der Waals surface area (Å²) in [5.74, 6) is 0. The molecule has 1 aliphatic rings. The lowest BCUT2D eigenvalue weighted by molar-refractivity contribution is 0.0236. The molecule has 1 unspecified atom stereocenters. The minimum atomic E-state index is 0.0360. The number of nitrogens with two attached hydrogens (primary N) is 1. The average Bonchev–Trinajstić information content (AvgIpc) is 2.19. The van der Waals surface area contributed by atoms with Crippen molar-refractivity contribution in [1.82, 2.24) is 10.2 Å². The van der Waals surface area contributed by atoms with Gasteiger partial charge in [0, 0.05) is 26.2 Å². The lowest BCUT2D eigenvalue weighted by atomic mass is 9.92. The standard InChI is InChI=1S/C10H23N3O/c1-13(2)6-5-12-10(8-11)4-3-7-14-9-10/h12H,3-9,11H2,1-2H3. The molecule has 14 heavy (non-hydrogen) atoms. The summed E-state index contributed by atoms with van der Waals surface area (Å²) < 4.78 is 5.48. The number of nitrogens with one attached hydrogen (secondary N) is 1. The number of ether oxygens (including phenoxy) is 1. The molecule has 0 aliphatic carbocycles. The molecule has 4 heteroatoms. The van der Waals surface area contributed by atoms with E-state index in [0.29, 0.717) is 6.54 Å². The molecule has 0 amide bonds. The Labute approximate surface area is 86.8 Å². The van der Waals surface area contributed by atoms with Crippen LogP contribution >= 0.6 is 0 Å². The second-order valence-corrected chi connectivity index (χ2v) is 4.37. The van der Waals surface area contributed by atoms with Crippen molar-refractivity contribution in [3.8, 4) is 0 Å². The molecule has 0 aromatic heterocycles. The normalized spacial score (nSPS) is 28.3. The van der Waals surface area contributed by atoms with Crippen molar-refractivity contribution in [2.75, 3.05) is 46.9 Å². The average molecular weight is 201 g/mol. The number of hydrogen-bond donors (Lipinski definition) is 2. The molecule has 0 saturated carbocycles. The summed E-state index contributed by atoms with van der Waals surface area (Å²) in [5, 5.41) is 3.52. The summed E-state index contributed by atoms with van der Waals surface area (Å²) in [7, 11) is 4.16. The van der Waals surface area contributed by atoms with E-state index >= 15 is 0 Å². The van der Waals surface area contributed by atoms with Crippen molar-refractivity contribution in [2.45, 2.75) is 18.4 Å². The fraction of sp³-hybridized carbons (Fsp3) is 1.00. The molecule has 0 aromatic rings. The predicted molar refractivity (Wildman–Crippen MR) is 58.4 cm³/mol. The molecule has 1 atom stereocenters. The van der Waals surface area contributed by atoms with Crippen molar-refractivity contribution in [2.24, 2.45) is 5.73 Å². The van der Waals surface area contributed by atoms with Crippen LogP contribution < -0.4 is 11.1 Å². The fourth-order valence-electron chi connectivity index (χ4n) is 1.77.